The molecule has 0 saturated heterocycles. The van der Waals surface area contributed by atoms with Crippen molar-refractivity contribution in [1.29, 1.82) is 0 Å². The Bertz CT molecular complexity index is 1000. The average molecular weight is 405 g/mol. The molecule has 0 aliphatic carbocycles. The van der Waals surface area contributed by atoms with Crippen LogP contribution in [0.2, 0.25) is 0 Å². The molecule has 0 fully saturated rings. The number of amides is 1. The molecule has 0 bridgehead atoms. The third-order valence-corrected chi connectivity index (χ3v) is 4.49. The van der Waals surface area contributed by atoms with Gasteiger partial charge in [-0.2, -0.15) is 0 Å². The van der Waals surface area contributed by atoms with Crippen molar-refractivity contribution < 1.29 is 4.79 Å². The Morgan fingerprint density at radius 1 is 0.900 bits per heavy atom. The molecule has 3 aromatic rings. The number of carbonyl (C=O) groups is 1. The first-order chi connectivity index (χ1) is 14.5. The Morgan fingerprint density at radius 2 is 1.70 bits per heavy atom. The molecule has 2 aromatic heterocycles. The van der Waals surface area contributed by atoms with E-state index in [1.54, 1.807) is 6.20 Å². The Hall–Kier alpha value is -3.48. The molecule has 0 saturated carbocycles. The summed E-state index contributed by atoms with van der Waals surface area (Å²) in [7, 11) is 0. The zero-order valence-corrected chi connectivity index (χ0v) is 17.7. The molecule has 0 atom stereocenters. The number of nitrogens with one attached hydrogen (secondary N) is 3. The van der Waals surface area contributed by atoms with E-state index in [0.717, 1.165) is 17.8 Å². The fourth-order valence-electron chi connectivity index (χ4n) is 3.06. The maximum atomic E-state index is 12.1. The summed E-state index contributed by atoms with van der Waals surface area (Å²) in [6.45, 7) is 7.02. The van der Waals surface area contributed by atoms with Crippen LogP contribution >= 0.6 is 0 Å². The summed E-state index contributed by atoms with van der Waals surface area (Å²) in [6.07, 6.45) is 2.98. The van der Waals surface area contributed by atoms with Crippen LogP contribution in [0.1, 0.15) is 28.9 Å². The van der Waals surface area contributed by atoms with Crippen LogP contribution in [-0.4, -0.2) is 33.9 Å². The van der Waals surface area contributed by atoms with E-state index < -0.39 is 0 Å². The number of benzene rings is 1. The van der Waals surface area contributed by atoms with Gasteiger partial charge in [0, 0.05) is 31.8 Å². The van der Waals surface area contributed by atoms with Crippen molar-refractivity contribution in [3.05, 3.63) is 71.2 Å². The Kier molecular flexibility index (Phi) is 7.32. The van der Waals surface area contributed by atoms with E-state index in [-0.39, 0.29) is 5.91 Å². The van der Waals surface area contributed by atoms with Crippen molar-refractivity contribution >= 4 is 23.4 Å². The Labute approximate surface area is 177 Å². The smallest absolute Gasteiger partial charge is 0.220 e. The lowest BCUT2D eigenvalue weighted by Crippen LogP contribution is -2.29. The van der Waals surface area contributed by atoms with Crippen molar-refractivity contribution in [1.82, 2.24) is 20.3 Å². The van der Waals surface area contributed by atoms with Crippen molar-refractivity contribution in [2.45, 2.75) is 33.6 Å². The molecule has 0 aliphatic heterocycles. The van der Waals surface area contributed by atoms with Gasteiger partial charge in [0.15, 0.2) is 0 Å². The molecule has 1 amide bonds. The first-order valence-corrected chi connectivity index (χ1v) is 10.1. The molecule has 3 N–H and O–H groups in total. The largest absolute Gasteiger partial charge is 0.368 e. The zero-order valence-electron chi connectivity index (χ0n) is 17.7. The number of carbonyl (C=O) groups excluding carboxylic acids is 1. The lowest BCUT2D eigenvalue weighted by Gasteiger charge is -2.11. The SMILES string of the molecule is Cc1cccc(CCC(=O)NCCNc2cc(Nc3cc(C)ccn3)nc(C)n2)c1. The lowest BCUT2D eigenvalue weighted by atomic mass is 10.1. The van der Waals surface area contributed by atoms with Crippen LogP contribution in [0.5, 0.6) is 0 Å². The predicted octanol–water partition coefficient (Wildman–Crippen LogP) is 3.70. The quantitative estimate of drug-likeness (QED) is 0.471. The highest BCUT2D eigenvalue weighted by atomic mass is 16.1. The lowest BCUT2D eigenvalue weighted by molar-refractivity contribution is -0.120. The van der Waals surface area contributed by atoms with Crippen LogP contribution in [-0.2, 0) is 11.2 Å². The first kappa shape index (κ1) is 21.2. The zero-order chi connectivity index (χ0) is 21.3. The van der Waals surface area contributed by atoms with Gasteiger partial charge < -0.3 is 16.0 Å². The van der Waals surface area contributed by atoms with Crippen LogP contribution < -0.4 is 16.0 Å². The minimum Gasteiger partial charge on any atom is -0.368 e. The molecule has 30 heavy (non-hydrogen) atoms. The number of anilines is 3. The minimum atomic E-state index is 0.0463. The van der Waals surface area contributed by atoms with Gasteiger partial charge in [-0.15, -0.1) is 0 Å². The van der Waals surface area contributed by atoms with Gasteiger partial charge in [0.05, 0.1) is 0 Å². The second-order valence-electron chi connectivity index (χ2n) is 7.29. The Balaban J connectivity index is 1.44. The van der Waals surface area contributed by atoms with Crippen LogP contribution in [0.4, 0.5) is 17.5 Å². The van der Waals surface area contributed by atoms with E-state index in [2.05, 4.69) is 56.0 Å². The van der Waals surface area contributed by atoms with E-state index >= 15 is 0 Å². The van der Waals surface area contributed by atoms with Gasteiger partial charge in [-0.25, -0.2) is 15.0 Å². The summed E-state index contributed by atoms with van der Waals surface area (Å²) in [6, 6.07) is 14.0. The maximum absolute atomic E-state index is 12.1. The number of nitrogens with zero attached hydrogens (tertiary/aromatic N) is 3. The monoisotopic (exact) mass is 404 g/mol. The van der Waals surface area contributed by atoms with Gasteiger partial charge in [-0.05, 0) is 50.5 Å². The summed E-state index contributed by atoms with van der Waals surface area (Å²) in [5.41, 5.74) is 3.52. The highest BCUT2D eigenvalue weighted by Gasteiger charge is 2.05. The molecular weight excluding hydrogens is 376 g/mol. The number of rotatable bonds is 9. The highest BCUT2D eigenvalue weighted by Crippen LogP contribution is 2.16. The topological polar surface area (TPSA) is 91.8 Å². The van der Waals surface area contributed by atoms with Crippen molar-refractivity contribution in [3.8, 4) is 0 Å². The van der Waals surface area contributed by atoms with Crippen LogP contribution in [0.15, 0.2) is 48.7 Å². The minimum absolute atomic E-state index is 0.0463. The average Bonchev–Trinajstić information content (AvgIpc) is 2.69. The molecule has 0 aliphatic rings. The van der Waals surface area contributed by atoms with E-state index in [1.165, 1.54) is 11.1 Å². The maximum Gasteiger partial charge on any atom is 0.220 e. The number of hydrogen-bond acceptors (Lipinski definition) is 6. The van der Waals surface area contributed by atoms with E-state index in [1.807, 2.05) is 38.1 Å². The molecule has 156 valence electrons. The molecule has 1 aromatic carbocycles. The van der Waals surface area contributed by atoms with Crippen LogP contribution in [0, 0.1) is 20.8 Å². The molecule has 7 nitrogen and oxygen atoms in total. The highest BCUT2D eigenvalue weighted by molar-refractivity contribution is 5.76. The summed E-state index contributed by atoms with van der Waals surface area (Å²) in [5, 5.41) is 9.37. The van der Waals surface area contributed by atoms with Gasteiger partial charge >= 0.3 is 0 Å². The van der Waals surface area contributed by atoms with Gasteiger partial charge in [0.1, 0.15) is 23.3 Å². The number of pyridine rings is 1. The Morgan fingerprint density at radius 3 is 2.50 bits per heavy atom. The fraction of sp³-hybridized carbons (Fsp3) is 0.304. The molecule has 7 heteroatoms. The van der Waals surface area contributed by atoms with Crippen molar-refractivity contribution in [2.75, 3.05) is 23.7 Å². The molecule has 0 unspecified atom stereocenters. The van der Waals surface area contributed by atoms with E-state index in [0.29, 0.717) is 37.0 Å². The van der Waals surface area contributed by atoms with Gasteiger partial charge in [0.25, 0.3) is 0 Å². The number of aromatic nitrogens is 3. The molecule has 0 radical (unpaired) electrons. The molecule has 2 heterocycles. The fourth-order valence-corrected chi connectivity index (χ4v) is 3.06. The number of hydrogen-bond donors (Lipinski definition) is 3. The summed E-state index contributed by atoms with van der Waals surface area (Å²) >= 11 is 0. The van der Waals surface area contributed by atoms with E-state index in [4.69, 9.17) is 0 Å². The van der Waals surface area contributed by atoms with Crippen LogP contribution in [0.25, 0.3) is 0 Å². The molecule has 3 rings (SSSR count). The van der Waals surface area contributed by atoms with Gasteiger partial charge in [-0.3, -0.25) is 4.79 Å². The molecule has 0 spiro atoms. The number of aryl methyl sites for hydroxylation is 4. The van der Waals surface area contributed by atoms with Gasteiger partial charge in [-0.1, -0.05) is 29.8 Å². The summed E-state index contributed by atoms with van der Waals surface area (Å²) in [4.78, 5) is 25.2. The second-order valence-corrected chi connectivity index (χ2v) is 7.29. The van der Waals surface area contributed by atoms with Crippen molar-refractivity contribution in [2.24, 2.45) is 0 Å². The third-order valence-electron chi connectivity index (χ3n) is 4.49. The van der Waals surface area contributed by atoms with Gasteiger partial charge in [0.2, 0.25) is 5.91 Å². The standard InChI is InChI=1S/C23H28N6O/c1-16-5-4-6-19(13-16)7-8-23(30)26-12-11-25-21-15-22(28-18(3)27-21)29-20-14-17(2)9-10-24-20/h4-6,9-10,13-15H,7-8,11-12H2,1-3H3,(H,26,30)(H2,24,25,27,28,29). The second kappa shape index (κ2) is 10.3. The molecular formula is C23H28N6O. The normalized spacial score (nSPS) is 10.5. The van der Waals surface area contributed by atoms with Crippen LogP contribution in [0.3, 0.4) is 0 Å². The first-order valence-electron chi connectivity index (χ1n) is 10.1. The third kappa shape index (κ3) is 6.84. The van der Waals surface area contributed by atoms with E-state index in [9.17, 15) is 4.79 Å². The predicted molar refractivity (Wildman–Crippen MR) is 120 cm³/mol. The summed E-state index contributed by atoms with van der Waals surface area (Å²) in [5.74, 6) is 2.80. The van der Waals surface area contributed by atoms with Crippen molar-refractivity contribution in [3.63, 3.8) is 0 Å². The summed E-state index contributed by atoms with van der Waals surface area (Å²) < 4.78 is 0.